The van der Waals surface area contributed by atoms with Gasteiger partial charge in [-0.1, -0.05) is 38.8 Å². The van der Waals surface area contributed by atoms with Gasteiger partial charge in [-0.05, 0) is 25.5 Å². The maximum atomic E-state index is 5.83. The molecule has 0 atom stereocenters. The summed E-state index contributed by atoms with van der Waals surface area (Å²) in [6, 6.07) is 3.81. The summed E-state index contributed by atoms with van der Waals surface area (Å²) in [7, 11) is 0. The highest BCUT2D eigenvalue weighted by Crippen LogP contribution is 2.13. The highest BCUT2D eigenvalue weighted by Gasteiger charge is 1.97. The number of rotatable bonds is 1. The van der Waals surface area contributed by atoms with Crippen molar-refractivity contribution in [2.24, 2.45) is 0 Å². The molecule has 0 unspecified atom stereocenters. The molecule has 0 spiro atoms. The quantitative estimate of drug-likeness (QED) is 0.666. The standard InChI is InChI=1S/C8H10ClN.C3H8/c1-3-8-7(9)5-4-6(2)10-8;1-3-2/h4-5H,3H2,1-2H3;3H2,1-2H3. The zero-order valence-electron chi connectivity index (χ0n) is 8.89. The predicted molar refractivity (Wildman–Crippen MR) is 59.3 cm³/mol. The van der Waals surface area contributed by atoms with Gasteiger partial charge in [0.2, 0.25) is 0 Å². The summed E-state index contributed by atoms with van der Waals surface area (Å²) in [5.74, 6) is 0. The smallest absolute Gasteiger partial charge is 0.0621 e. The monoisotopic (exact) mass is 199 g/mol. The van der Waals surface area contributed by atoms with Crippen LogP contribution in [0.1, 0.15) is 38.6 Å². The molecular weight excluding hydrogens is 182 g/mol. The van der Waals surface area contributed by atoms with Gasteiger partial charge in [-0.3, -0.25) is 4.98 Å². The Morgan fingerprint density at radius 1 is 1.23 bits per heavy atom. The Kier molecular flexibility index (Phi) is 6.61. The molecule has 1 rings (SSSR count). The minimum Gasteiger partial charge on any atom is -0.257 e. The molecule has 13 heavy (non-hydrogen) atoms. The number of pyridine rings is 1. The minimum atomic E-state index is 0.771. The molecule has 0 saturated heterocycles. The molecule has 1 heterocycles. The lowest BCUT2D eigenvalue weighted by Crippen LogP contribution is -1.89. The molecule has 0 fully saturated rings. The van der Waals surface area contributed by atoms with E-state index in [4.69, 9.17) is 11.6 Å². The summed E-state index contributed by atoms with van der Waals surface area (Å²) in [6.07, 6.45) is 2.15. The summed E-state index contributed by atoms with van der Waals surface area (Å²) in [6.45, 7) is 8.27. The largest absolute Gasteiger partial charge is 0.257 e. The summed E-state index contributed by atoms with van der Waals surface area (Å²) < 4.78 is 0. The van der Waals surface area contributed by atoms with E-state index in [2.05, 4.69) is 18.8 Å². The second-order valence-electron chi connectivity index (χ2n) is 2.94. The Hall–Kier alpha value is -0.560. The van der Waals surface area contributed by atoms with Crippen LogP contribution in [0.15, 0.2) is 12.1 Å². The number of aryl methyl sites for hydroxylation is 2. The molecule has 74 valence electrons. The van der Waals surface area contributed by atoms with Crippen LogP contribution in [0.4, 0.5) is 0 Å². The van der Waals surface area contributed by atoms with Crippen LogP contribution in [0.2, 0.25) is 5.02 Å². The van der Waals surface area contributed by atoms with E-state index in [1.807, 2.05) is 26.0 Å². The van der Waals surface area contributed by atoms with Crippen LogP contribution >= 0.6 is 11.6 Å². The molecule has 0 bridgehead atoms. The third-order valence-electron chi connectivity index (χ3n) is 1.39. The number of nitrogens with zero attached hydrogens (tertiary/aromatic N) is 1. The van der Waals surface area contributed by atoms with Gasteiger partial charge >= 0.3 is 0 Å². The van der Waals surface area contributed by atoms with Gasteiger partial charge < -0.3 is 0 Å². The number of hydrogen-bond donors (Lipinski definition) is 0. The van der Waals surface area contributed by atoms with Crippen molar-refractivity contribution in [2.75, 3.05) is 0 Å². The third-order valence-corrected chi connectivity index (χ3v) is 1.74. The molecule has 0 N–H and O–H groups in total. The van der Waals surface area contributed by atoms with Crippen molar-refractivity contribution in [3.05, 3.63) is 28.5 Å². The van der Waals surface area contributed by atoms with Gasteiger partial charge in [0, 0.05) is 5.69 Å². The molecule has 2 heteroatoms. The van der Waals surface area contributed by atoms with E-state index in [-0.39, 0.29) is 0 Å². The zero-order chi connectivity index (χ0) is 10.3. The first-order valence-corrected chi connectivity index (χ1v) is 5.15. The lowest BCUT2D eigenvalue weighted by Gasteiger charge is -1.99. The van der Waals surface area contributed by atoms with E-state index in [0.717, 1.165) is 22.8 Å². The lowest BCUT2D eigenvalue weighted by molar-refractivity contribution is 1.01. The van der Waals surface area contributed by atoms with Gasteiger partial charge in [-0.25, -0.2) is 0 Å². The number of aromatic nitrogens is 1. The van der Waals surface area contributed by atoms with Crippen LogP contribution in [-0.2, 0) is 6.42 Å². The van der Waals surface area contributed by atoms with Crippen LogP contribution in [0.3, 0.4) is 0 Å². The molecule has 1 aromatic rings. The summed E-state index contributed by atoms with van der Waals surface area (Å²) in [5.41, 5.74) is 2.02. The van der Waals surface area contributed by atoms with Gasteiger partial charge in [0.15, 0.2) is 0 Å². The van der Waals surface area contributed by atoms with E-state index in [0.29, 0.717) is 0 Å². The molecule has 1 aromatic heterocycles. The first-order valence-electron chi connectivity index (χ1n) is 4.77. The lowest BCUT2D eigenvalue weighted by atomic mass is 10.2. The van der Waals surface area contributed by atoms with Crippen molar-refractivity contribution in [3.63, 3.8) is 0 Å². The molecule has 1 nitrogen and oxygen atoms in total. The van der Waals surface area contributed by atoms with Crippen molar-refractivity contribution >= 4 is 11.6 Å². The molecule has 0 amide bonds. The van der Waals surface area contributed by atoms with E-state index < -0.39 is 0 Å². The van der Waals surface area contributed by atoms with Gasteiger partial charge in [0.1, 0.15) is 0 Å². The molecular formula is C11H18ClN. The highest BCUT2D eigenvalue weighted by molar-refractivity contribution is 6.31. The minimum absolute atomic E-state index is 0.771. The average Bonchev–Trinajstić information content (AvgIpc) is 2.10. The van der Waals surface area contributed by atoms with Gasteiger partial charge in [0.25, 0.3) is 0 Å². The third kappa shape index (κ3) is 4.89. The van der Waals surface area contributed by atoms with E-state index >= 15 is 0 Å². The van der Waals surface area contributed by atoms with Crippen molar-refractivity contribution in [1.82, 2.24) is 4.98 Å². The van der Waals surface area contributed by atoms with E-state index in [1.165, 1.54) is 6.42 Å². The molecule has 0 saturated carbocycles. The topological polar surface area (TPSA) is 12.9 Å². The number of halogens is 1. The second kappa shape index (κ2) is 6.90. The highest BCUT2D eigenvalue weighted by atomic mass is 35.5. The van der Waals surface area contributed by atoms with Gasteiger partial charge in [0.05, 0.1) is 10.7 Å². The first-order chi connectivity index (χ1) is 6.15. The van der Waals surface area contributed by atoms with Crippen LogP contribution in [-0.4, -0.2) is 4.98 Å². The van der Waals surface area contributed by atoms with Crippen LogP contribution in [0.5, 0.6) is 0 Å². The summed E-state index contributed by atoms with van der Waals surface area (Å²) in [5, 5.41) is 0.771. The Morgan fingerprint density at radius 2 is 1.77 bits per heavy atom. The fourth-order valence-corrected chi connectivity index (χ4v) is 1.08. The Bertz CT molecular complexity index is 246. The molecule has 0 aliphatic heterocycles. The maximum Gasteiger partial charge on any atom is 0.0621 e. The maximum absolute atomic E-state index is 5.83. The Morgan fingerprint density at radius 3 is 2.15 bits per heavy atom. The van der Waals surface area contributed by atoms with Crippen LogP contribution in [0.25, 0.3) is 0 Å². The van der Waals surface area contributed by atoms with E-state index in [9.17, 15) is 0 Å². The summed E-state index contributed by atoms with van der Waals surface area (Å²) >= 11 is 5.83. The molecule has 0 aliphatic rings. The normalized spacial score (nSPS) is 9.00. The van der Waals surface area contributed by atoms with Gasteiger partial charge in [-0.2, -0.15) is 0 Å². The fourth-order valence-electron chi connectivity index (χ4n) is 0.841. The molecule has 0 aliphatic carbocycles. The Balaban J connectivity index is 0.000000424. The van der Waals surface area contributed by atoms with Crippen molar-refractivity contribution in [1.29, 1.82) is 0 Å². The number of hydrogen-bond acceptors (Lipinski definition) is 1. The Labute approximate surface area is 86.1 Å². The fraction of sp³-hybridized carbons (Fsp3) is 0.545. The van der Waals surface area contributed by atoms with Crippen LogP contribution < -0.4 is 0 Å². The second-order valence-corrected chi connectivity index (χ2v) is 3.35. The molecule has 0 aromatic carbocycles. The predicted octanol–water partition coefficient (Wildman–Crippen LogP) is 4.02. The summed E-state index contributed by atoms with van der Waals surface area (Å²) in [4.78, 5) is 4.26. The first kappa shape index (κ1) is 12.4. The van der Waals surface area contributed by atoms with Crippen molar-refractivity contribution < 1.29 is 0 Å². The van der Waals surface area contributed by atoms with Gasteiger partial charge in [-0.15, -0.1) is 0 Å². The van der Waals surface area contributed by atoms with Crippen molar-refractivity contribution in [3.8, 4) is 0 Å². The SMILES string of the molecule is CCC.CCc1nc(C)ccc1Cl. The van der Waals surface area contributed by atoms with Crippen molar-refractivity contribution in [2.45, 2.75) is 40.5 Å². The van der Waals surface area contributed by atoms with E-state index in [1.54, 1.807) is 0 Å². The van der Waals surface area contributed by atoms with Crippen LogP contribution in [0, 0.1) is 6.92 Å². The zero-order valence-corrected chi connectivity index (χ0v) is 9.65. The molecule has 0 radical (unpaired) electrons. The average molecular weight is 200 g/mol.